The number of phenols is 2. The van der Waals surface area contributed by atoms with E-state index in [2.05, 4.69) is 17.2 Å². The first kappa shape index (κ1) is 21.5. The zero-order valence-corrected chi connectivity index (χ0v) is 17.7. The average Bonchev–Trinajstić information content (AvgIpc) is 3.05. The monoisotopic (exact) mass is 415 g/mol. The maximum atomic E-state index is 13.0. The van der Waals surface area contributed by atoms with Gasteiger partial charge in [-0.2, -0.15) is 4.98 Å². The molecule has 0 unspecified atom stereocenters. The number of nitrogens with zero attached hydrogens (tertiary/aromatic N) is 4. The van der Waals surface area contributed by atoms with E-state index in [1.807, 2.05) is 0 Å². The highest BCUT2D eigenvalue weighted by molar-refractivity contribution is 5.74. The highest BCUT2D eigenvalue weighted by atomic mass is 16.3. The van der Waals surface area contributed by atoms with Gasteiger partial charge < -0.3 is 20.1 Å². The smallest absolute Gasteiger partial charge is 0.332 e. The van der Waals surface area contributed by atoms with Gasteiger partial charge in [0.05, 0.1) is 0 Å². The van der Waals surface area contributed by atoms with E-state index in [9.17, 15) is 19.8 Å². The molecule has 9 nitrogen and oxygen atoms in total. The molecule has 162 valence electrons. The van der Waals surface area contributed by atoms with Crippen LogP contribution in [0.4, 0.5) is 5.95 Å². The average molecular weight is 415 g/mol. The first-order valence-electron chi connectivity index (χ1n) is 10.3. The molecule has 0 atom stereocenters. The Labute approximate surface area is 174 Å². The lowest BCUT2D eigenvalue weighted by Crippen LogP contribution is -2.39. The van der Waals surface area contributed by atoms with Crippen LogP contribution in [0.3, 0.4) is 0 Å². The third kappa shape index (κ3) is 4.19. The molecule has 0 fully saturated rings. The second-order valence-corrected chi connectivity index (χ2v) is 7.53. The Balaban J connectivity index is 1.83. The van der Waals surface area contributed by atoms with Crippen molar-refractivity contribution in [1.29, 1.82) is 0 Å². The summed E-state index contributed by atoms with van der Waals surface area (Å²) in [4.78, 5) is 30.1. The van der Waals surface area contributed by atoms with Crippen LogP contribution in [0.15, 0.2) is 27.8 Å². The Morgan fingerprint density at radius 2 is 1.80 bits per heavy atom. The molecule has 2 aromatic heterocycles. The number of unbranched alkanes of at least 4 members (excludes halogenated alkanes) is 3. The summed E-state index contributed by atoms with van der Waals surface area (Å²) in [5.74, 6) is 0.169. The van der Waals surface area contributed by atoms with Gasteiger partial charge in [-0.25, -0.2) is 4.79 Å². The zero-order chi connectivity index (χ0) is 21.8. The minimum atomic E-state index is -0.354. The van der Waals surface area contributed by atoms with Crippen molar-refractivity contribution in [2.75, 3.05) is 11.9 Å². The van der Waals surface area contributed by atoms with Gasteiger partial charge >= 0.3 is 5.69 Å². The maximum absolute atomic E-state index is 13.0. The molecule has 0 aliphatic carbocycles. The van der Waals surface area contributed by atoms with Gasteiger partial charge in [0, 0.05) is 27.2 Å². The van der Waals surface area contributed by atoms with Crippen molar-refractivity contribution in [3.05, 3.63) is 44.6 Å². The van der Waals surface area contributed by atoms with Crippen molar-refractivity contribution in [2.24, 2.45) is 14.1 Å². The minimum absolute atomic E-state index is 0.158. The topological polar surface area (TPSA) is 114 Å². The molecule has 3 N–H and O–H groups in total. The van der Waals surface area contributed by atoms with Gasteiger partial charge in [0.15, 0.2) is 22.7 Å². The Hall–Kier alpha value is -3.23. The van der Waals surface area contributed by atoms with Crippen LogP contribution in [0.2, 0.25) is 0 Å². The van der Waals surface area contributed by atoms with Gasteiger partial charge in [-0.15, -0.1) is 0 Å². The van der Waals surface area contributed by atoms with Crippen LogP contribution >= 0.6 is 0 Å². The number of nitrogens with one attached hydrogen (secondary N) is 1. The van der Waals surface area contributed by atoms with E-state index in [4.69, 9.17) is 0 Å². The number of rotatable bonds is 9. The molecular formula is C21H29N5O4. The molecule has 3 rings (SSSR count). The molecule has 3 aromatic rings. The van der Waals surface area contributed by atoms with Crippen LogP contribution in [-0.4, -0.2) is 35.4 Å². The van der Waals surface area contributed by atoms with E-state index in [0.29, 0.717) is 36.6 Å². The first-order chi connectivity index (χ1) is 14.3. The fourth-order valence-corrected chi connectivity index (χ4v) is 3.54. The first-order valence-corrected chi connectivity index (χ1v) is 10.3. The molecule has 0 aliphatic heterocycles. The molecule has 0 aliphatic rings. The van der Waals surface area contributed by atoms with E-state index >= 15 is 0 Å². The van der Waals surface area contributed by atoms with E-state index < -0.39 is 0 Å². The van der Waals surface area contributed by atoms with Crippen LogP contribution in [0.5, 0.6) is 11.5 Å². The maximum Gasteiger partial charge on any atom is 0.332 e. The molecular weight excluding hydrogens is 386 g/mol. The summed E-state index contributed by atoms with van der Waals surface area (Å²) in [5, 5.41) is 22.2. The molecule has 0 spiro atoms. The number of phenolic OH excluding ortho intramolecular Hbond substituents is 2. The number of imidazole rings is 1. The van der Waals surface area contributed by atoms with Crippen molar-refractivity contribution in [3.8, 4) is 11.5 Å². The quantitative estimate of drug-likeness (QED) is 0.364. The molecule has 0 amide bonds. The number of aryl methyl sites for hydroxylation is 2. The predicted molar refractivity (Wildman–Crippen MR) is 116 cm³/mol. The summed E-state index contributed by atoms with van der Waals surface area (Å²) >= 11 is 0. The zero-order valence-electron chi connectivity index (χ0n) is 17.7. The van der Waals surface area contributed by atoms with Crippen molar-refractivity contribution in [2.45, 2.75) is 45.6 Å². The van der Waals surface area contributed by atoms with Crippen molar-refractivity contribution >= 4 is 17.1 Å². The Morgan fingerprint density at radius 1 is 1.03 bits per heavy atom. The fourth-order valence-electron chi connectivity index (χ4n) is 3.54. The highest BCUT2D eigenvalue weighted by Gasteiger charge is 2.18. The van der Waals surface area contributed by atoms with E-state index in [1.54, 1.807) is 24.7 Å². The normalized spacial score (nSPS) is 11.3. The minimum Gasteiger partial charge on any atom is -0.504 e. The summed E-state index contributed by atoms with van der Waals surface area (Å²) in [7, 11) is 3.37. The summed E-state index contributed by atoms with van der Waals surface area (Å²) in [6.45, 7) is 3.02. The van der Waals surface area contributed by atoms with Crippen molar-refractivity contribution < 1.29 is 10.2 Å². The number of anilines is 1. The molecule has 0 saturated heterocycles. The lowest BCUT2D eigenvalue weighted by molar-refractivity contribution is 0.403. The lowest BCUT2D eigenvalue weighted by Gasteiger charge is -2.09. The fraction of sp³-hybridized carbons (Fsp3) is 0.476. The summed E-state index contributed by atoms with van der Waals surface area (Å²) in [5.41, 5.74) is 0.905. The standard InChI is InChI=1S/C21H29N5O4/c1-4-5-6-7-12-26-19(29)17-18(25(3)21(26)30)23-20(24(17)2)22-11-10-14-8-9-15(27)16(28)13-14/h8-9,13,27-28H,4-7,10-12H2,1-3H3,(H,22,23). The third-order valence-electron chi connectivity index (χ3n) is 5.33. The van der Waals surface area contributed by atoms with Crippen LogP contribution < -0.4 is 16.6 Å². The van der Waals surface area contributed by atoms with Gasteiger partial charge in [0.25, 0.3) is 5.56 Å². The van der Waals surface area contributed by atoms with Gasteiger partial charge in [0.2, 0.25) is 5.95 Å². The predicted octanol–water partition coefficient (Wildman–Crippen LogP) is 2.08. The van der Waals surface area contributed by atoms with Crippen LogP contribution in [0.1, 0.15) is 38.2 Å². The molecule has 30 heavy (non-hydrogen) atoms. The van der Waals surface area contributed by atoms with Gasteiger partial charge in [-0.1, -0.05) is 32.3 Å². The van der Waals surface area contributed by atoms with Crippen LogP contribution in [-0.2, 0) is 27.1 Å². The number of benzene rings is 1. The molecule has 0 bridgehead atoms. The Kier molecular flexibility index (Phi) is 6.49. The third-order valence-corrected chi connectivity index (χ3v) is 5.33. The van der Waals surface area contributed by atoms with E-state index in [1.165, 1.54) is 21.3 Å². The number of aromatic hydroxyl groups is 2. The van der Waals surface area contributed by atoms with Crippen molar-refractivity contribution in [1.82, 2.24) is 18.7 Å². The number of hydrogen-bond donors (Lipinski definition) is 3. The number of hydrogen-bond acceptors (Lipinski definition) is 6. The number of aromatic nitrogens is 4. The number of fused-ring (bicyclic) bond motifs is 1. The highest BCUT2D eigenvalue weighted by Crippen LogP contribution is 2.25. The molecule has 0 saturated carbocycles. The van der Waals surface area contributed by atoms with E-state index in [-0.39, 0.29) is 22.7 Å². The SMILES string of the molecule is CCCCCCn1c(=O)c2c(nc(NCCc3ccc(O)c(O)c3)n2C)n(C)c1=O. The Morgan fingerprint density at radius 3 is 2.50 bits per heavy atom. The summed E-state index contributed by atoms with van der Waals surface area (Å²) < 4.78 is 4.39. The molecule has 9 heteroatoms. The second-order valence-electron chi connectivity index (χ2n) is 7.53. The largest absolute Gasteiger partial charge is 0.504 e. The summed E-state index contributed by atoms with van der Waals surface area (Å²) in [6, 6.07) is 4.68. The Bertz CT molecular complexity index is 1160. The summed E-state index contributed by atoms with van der Waals surface area (Å²) in [6.07, 6.45) is 4.52. The van der Waals surface area contributed by atoms with Crippen molar-refractivity contribution in [3.63, 3.8) is 0 Å². The van der Waals surface area contributed by atoms with Crippen LogP contribution in [0, 0.1) is 0 Å². The van der Waals surface area contributed by atoms with E-state index in [0.717, 1.165) is 31.2 Å². The van der Waals surface area contributed by atoms with Gasteiger partial charge in [-0.3, -0.25) is 13.9 Å². The second kappa shape index (κ2) is 9.06. The molecule has 0 radical (unpaired) electrons. The lowest BCUT2D eigenvalue weighted by atomic mass is 10.1. The molecule has 2 heterocycles. The molecule has 1 aromatic carbocycles. The van der Waals surface area contributed by atoms with Crippen LogP contribution in [0.25, 0.3) is 11.2 Å². The van der Waals surface area contributed by atoms with Gasteiger partial charge in [0.1, 0.15) is 0 Å². The van der Waals surface area contributed by atoms with Gasteiger partial charge in [-0.05, 0) is 30.5 Å².